The first-order valence-electron chi connectivity index (χ1n) is 9.09. The van der Waals surface area contributed by atoms with Crippen molar-refractivity contribution >= 4 is 17.5 Å². The van der Waals surface area contributed by atoms with Gasteiger partial charge >= 0.3 is 0 Å². The molecule has 1 saturated carbocycles. The molecule has 3 rings (SSSR count). The van der Waals surface area contributed by atoms with Gasteiger partial charge in [0.05, 0.1) is 12.5 Å². The SMILES string of the molecule is CCOc1ccc(N2CC(C(=O)NCCN(C)C3CC3)CC2=O)cc1. The van der Waals surface area contributed by atoms with Gasteiger partial charge in [-0.05, 0) is 51.1 Å². The summed E-state index contributed by atoms with van der Waals surface area (Å²) in [4.78, 5) is 28.6. The molecule has 0 radical (unpaired) electrons. The van der Waals surface area contributed by atoms with Crippen LogP contribution in [0.1, 0.15) is 26.2 Å². The Balaban J connectivity index is 1.49. The van der Waals surface area contributed by atoms with Crippen LogP contribution in [0.5, 0.6) is 5.75 Å². The van der Waals surface area contributed by atoms with Crippen LogP contribution in [0.25, 0.3) is 0 Å². The summed E-state index contributed by atoms with van der Waals surface area (Å²) in [6.45, 7) is 4.49. The number of carbonyl (C=O) groups excluding carboxylic acids is 2. The summed E-state index contributed by atoms with van der Waals surface area (Å²) in [5.74, 6) is 0.489. The topological polar surface area (TPSA) is 61.9 Å². The largest absolute Gasteiger partial charge is 0.494 e. The van der Waals surface area contributed by atoms with E-state index >= 15 is 0 Å². The van der Waals surface area contributed by atoms with Gasteiger partial charge < -0.3 is 19.9 Å². The van der Waals surface area contributed by atoms with E-state index in [1.54, 1.807) is 4.90 Å². The van der Waals surface area contributed by atoms with Crippen LogP contribution in [0, 0.1) is 5.92 Å². The predicted molar refractivity (Wildman–Crippen MR) is 96.7 cm³/mol. The molecule has 1 atom stereocenters. The summed E-state index contributed by atoms with van der Waals surface area (Å²) in [6, 6.07) is 8.14. The summed E-state index contributed by atoms with van der Waals surface area (Å²) >= 11 is 0. The second-order valence-electron chi connectivity index (χ2n) is 6.84. The van der Waals surface area contributed by atoms with Crippen molar-refractivity contribution < 1.29 is 14.3 Å². The molecule has 6 heteroatoms. The third-order valence-electron chi connectivity index (χ3n) is 4.89. The normalized spacial score (nSPS) is 20.2. The van der Waals surface area contributed by atoms with Crippen LogP contribution in [0.4, 0.5) is 5.69 Å². The number of carbonyl (C=O) groups is 2. The summed E-state index contributed by atoms with van der Waals surface area (Å²) < 4.78 is 5.42. The lowest BCUT2D eigenvalue weighted by atomic mass is 10.1. The molecule has 1 aromatic carbocycles. The predicted octanol–water partition coefficient (Wildman–Crippen LogP) is 1.65. The Hall–Kier alpha value is -2.08. The summed E-state index contributed by atoms with van der Waals surface area (Å²) in [7, 11) is 2.09. The van der Waals surface area contributed by atoms with Gasteiger partial charge in [-0.3, -0.25) is 9.59 Å². The molecule has 0 bridgehead atoms. The smallest absolute Gasteiger partial charge is 0.227 e. The summed E-state index contributed by atoms with van der Waals surface area (Å²) in [5.41, 5.74) is 0.817. The number of likely N-dealkylation sites (N-methyl/N-ethyl adjacent to an activating group) is 1. The average molecular weight is 345 g/mol. The zero-order valence-corrected chi connectivity index (χ0v) is 15.0. The Bertz CT molecular complexity index is 613. The molecule has 1 heterocycles. The molecule has 2 amide bonds. The summed E-state index contributed by atoms with van der Waals surface area (Å²) in [5, 5.41) is 2.98. The molecule has 136 valence electrons. The van der Waals surface area contributed by atoms with Gasteiger partial charge in [-0.25, -0.2) is 0 Å². The van der Waals surface area contributed by atoms with Crippen LogP contribution in [-0.2, 0) is 9.59 Å². The average Bonchev–Trinajstić information content (AvgIpc) is 3.38. The van der Waals surface area contributed by atoms with E-state index in [1.807, 2.05) is 31.2 Å². The minimum atomic E-state index is -0.273. The van der Waals surface area contributed by atoms with Crippen LogP contribution >= 0.6 is 0 Å². The van der Waals surface area contributed by atoms with Crippen molar-refractivity contribution in [1.29, 1.82) is 0 Å². The van der Waals surface area contributed by atoms with Crippen LogP contribution < -0.4 is 15.0 Å². The number of amides is 2. The number of nitrogens with one attached hydrogen (secondary N) is 1. The van der Waals surface area contributed by atoms with E-state index in [0.717, 1.165) is 18.0 Å². The number of hydrogen-bond acceptors (Lipinski definition) is 4. The van der Waals surface area contributed by atoms with Crippen molar-refractivity contribution in [2.24, 2.45) is 5.92 Å². The Morgan fingerprint density at radius 2 is 2.04 bits per heavy atom. The zero-order chi connectivity index (χ0) is 17.8. The fourth-order valence-electron chi connectivity index (χ4n) is 3.22. The van der Waals surface area contributed by atoms with Gasteiger partial charge in [0, 0.05) is 37.8 Å². The van der Waals surface area contributed by atoms with E-state index in [9.17, 15) is 9.59 Å². The van der Waals surface area contributed by atoms with Gasteiger partial charge in [-0.2, -0.15) is 0 Å². The van der Waals surface area contributed by atoms with Gasteiger partial charge in [-0.1, -0.05) is 0 Å². The van der Waals surface area contributed by atoms with Crippen LogP contribution in [0.15, 0.2) is 24.3 Å². The lowest BCUT2D eigenvalue weighted by molar-refractivity contribution is -0.126. The van der Waals surface area contributed by atoms with Gasteiger partial charge in [0.15, 0.2) is 0 Å². The number of hydrogen-bond donors (Lipinski definition) is 1. The third kappa shape index (κ3) is 4.51. The molecule has 1 aliphatic carbocycles. The molecule has 6 nitrogen and oxygen atoms in total. The number of nitrogens with zero attached hydrogens (tertiary/aromatic N) is 2. The van der Waals surface area contributed by atoms with Crippen molar-refractivity contribution in [2.75, 3.05) is 38.2 Å². The Morgan fingerprint density at radius 3 is 2.68 bits per heavy atom. The van der Waals surface area contributed by atoms with Gasteiger partial charge in [0.1, 0.15) is 5.75 Å². The van der Waals surface area contributed by atoms with Crippen molar-refractivity contribution in [3.8, 4) is 5.75 Å². The molecule has 0 aromatic heterocycles. The molecule has 1 unspecified atom stereocenters. The molecule has 1 saturated heterocycles. The maximum atomic E-state index is 12.3. The fourth-order valence-corrected chi connectivity index (χ4v) is 3.22. The first-order chi connectivity index (χ1) is 12.1. The lowest BCUT2D eigenvalue weighted by Gasteiger charge is -2.18. The highest BCUT2D eigenvalue weighted by Gasteiger charge is 2.35. The van der Waals surface area contributed by atoms with Crippen molar-refractivity contribution in [3.63, 3.8) is 0 Å². The van der Waals surface area contributed by atoms with Crippen LogP contribution in [0.2, 0.25) is 0 Å². The molecular weight excluding hydrogens is 318 g/mol. The van der Waals surface area contributed by atoms with Crippen LogP contribution in [-0.4, -0.2) is 56.0 Å². The summed E-state index contributed by atoms with van der Waals surface area (Å²) in [6.07, 6.45) is 2.80. The molecule has 1 N–H and O–H groups in total. The Kier molecular flexibility index (Phi) is 5.58. The second-order valence-corrected chi connectivity index (χ2v) is 6.84. The van der Waals surface area contributed by atoms with E-state index in [1.165, 1.54) is 12.8 Å². The molecular formula is C19H27N3O3. The van der Waals surface area contributed by atoms with Gasteiger partial charge in [0.25, 0.3) is 0 Å². The van der Waals surface area contributed by atoms with E-state index < -0.39 is 0 Å². The highest BCUT2D eigenvalue weighted by Crippen LogP contribution is 2.27. The zero-order valence-electron chi connectivity index (χ0n) is 15.0. The maximum Gasteiger partial charge on any atom is 0.227 e. The minimum Gasteiger partial charge on any atom is -0.494 e. The van der Waals surface area contributed by atoms with E-state index in [2.05, 4.69) is 17.3 Å². The number of rotatable bonds is 8. The maximum absolute atomic E-state index is 12.3. The molecule has 1 aromatic rings. The van der Waals surface area contributed by atoms with E-state index in [-0.39, 0.29) is 24.2 Å². The highest BCUT2D eigenvalue weighted by molar-refractivity contribution is 6.00. The second kappa shape index (κ2) is 7.87. The fraction of sp³-hybridized carbons (Fsp3) is 0.579. The molecule has 2 fully saturated rings. The van der Waals surface area contributed by atoms with Crippen molar-refractivity contribution in [2.45, 2.75) is 32.2 Å². The van der Waals surface area contributed by atoms with Crippen LogP contribution in [0.3, 0.4) is 0 Å². The van der Waals surface area contributed by atoms with Gasteiger partial charge in [0.2, 0.25) is 11.8 Å². The van der Waals surface area contributed by atoms with E-state index in [4.69, 9.17) is 4.74 Å². The van der Waals surface area contributed by atoms with Gasteiger partial charge in [-0.15, -0.1) is 0 Å². The van der Waals surface area contributed by atoms with Crippen molar-refractivity contribution in [1.82, 2.24) is 10.2 Å². The Labute approximate surface area is 149 Å². The highest BCUT2D eigenvalue weighted by atomic mass is 16.5. The molecule has 1 aliphatic heterocycles. The van der Waals surface area contributed by atoms with Crippen molar-refractivity contribution in [3.05, 3.63) is 24.3 Å². The Morgan fingerprint density at radius 1 is 1.32 bits per heavy atom. The van der Waals surface area contributed by atoms with E-state index in [0.29, 0.717) is 25.7 Å². The number of anilines is 1. The monoisotopic (exact) mass is 345 g/mol. The first kappa shape index (κ1) is 17.7. The molecule has 0 spiro atoms. The quantitative estimate of drug-likeness (QED) is 0.778. The molecule has 25 heavy (non-hydrogen) atoms. The minimum absolute atomic E-state index is 0.000548. The molecule has 2 aliphatic rings. The first-order valence-corrected chi connectivity index (χ1v) is 9.09. The lowest BCUT2D eigenvalue weighted by Crippen LogP contribution is -2.38. The number of ether oxygens (including phenoxy) is 1. The number of benzene rings is 1. The third-order valence-corrected chi connectivity index (χ3v) is 4.89. The standard InChI is InChI=1S/C19H27N3O3/c1-3-25-17-8-6-16(7-9-17)22-13-14(12-18(22)23)19(24)20-10-11-21(2)15-4-5-15/h6-9,14-15H,3-5,10-13H2,1-2H3,(H,20,24).